The van der Waals surface area contributed by atoms with E-state index >= 15 is 0 Å². The minimum Gasteiger partial charge on any atom is -0.481 e. The van der Waals surface area contributed by atoms with Crippen molar-refractivity contribution in [1.82, 2.24) is 9.55 Å². The largest absolute Gasteiger partial charge is 0.481 e. The smallest absolute Gasteiger partial charge is 0.265 e. The second-order valence-corrected chi connectivity index (χ2v) is 8.39. The average molecular weight is 442 g/mol. The Bertz CT molecular complexity index is 1400. The number of hydrogen-bond donors (Lipinski definition) is 1. The lowest BCUT2D eigenvalue weighted by Gasteiger charge is -2.17. The number of aromatic nitrogens is 2. The van der Waals surface area contributed by atoms with E-state index in [2.05, 4.69) is 16.4 Å². The molecule has 0 radical (unpaired) electrons. The molecule has 1 atom stereocenters. The molecule has 1 N–H and O–H groups in total. The summed E-state index contributed by atoms with van der Waals surface area (Å²) in [4.78, 5) is 30.4. The zero-order chi connectivity index (χ0) is 23.7. The fourth-order valence-corrected chi connectivity index (χ4v) is 3.97. The summed E-state index contributed by atoms with van der Waals surface area (Å²) < 4.78 is 7.44. The first-order chi connectivity index (χ1) is 15.7. The van der Waals surface area contributed by atoms with E-state index in [0.29, 0.717) is 33.9 Å². The van der Waals surface area contributed by atoms with Gasteiger partial charge in [-0.15, -0.1) is 0 Å². The molecule has 6 heteroatoms. The van der Waals surface area contributed by atoms with Crippen molar-refractivity contribution < 1.29 is 9.53 Å². The highest BCUT2D eigenvalue weighted by molar-refractivity contribution is 5.95. The van der Waals surface area contributed by atoms with Crippen molar-refractivity contribution in [2.45, 2.75) is 40.7 Å². The number of amides is 1. The Hall–Kier alpha value is -3.93. The van der Waals surface area contributed by atoms with Crippen molar-refractivity contribution in [3.05, 3.63) is 93.5 Å². The Morgan fingerprint density at radius 1 is 0.970 bits per heavy atom. The van der Waals surface area contributed by atoms with Gasteiger partial charge in [-0.25, -0.2) is 4.98 Å². The van der Waals surface area contributed by atoms with Crippen LogP contribution in [0.1, 0.15) is 29.4 Å². The highest BCUT2D eigenvalue weighted by Crippen LogP contribution is 2.22. The summed E-state index contributed by atoms with van der Waals surface area (Å²) in [5, 5.41) is 3.50. The van der Waals surface area contributed by atoms with Gasteiger partial charge < -0.3 is 10.1 Å². The first-order valence-electron chi connectivity index (χ1n) is 10.9. The van der Waals surface area contributed by atoms with Crippen LogP contribution in [0.5, 0.6) is 5.75 Å². The van der Waals surface area contributed by atoms with Gasteiger partial charge in [0.25, 0.3) is 11.5 Å². The molecular formula is C27H27N3O3. The van der Waals surface area contributed by atoms with Gasteiger partial charge in [-0.05, 0) is 93.8 Å². The van der Waals surface area contributed by atoms with Crippen LogP contribution in [0.15, 0.2) is 65.5 Å². The van der Waals surface area contributed by atoms with E-state index in [9.17, 15) is 9.59 Å². The fraction of sp³-hybridized carbons (Fsp3) is 0.222. The minimum absolute atomic E-state index is 0.121. The van der Waals surface area contributed by atoms with E-state index in [-0.39, 0.29) is 11.5 Å². The van der Waals surface area contributed by atoms with E-state index in [1.807, 2.05) is 70.2 Å². The molecule has 0 aliphatic rings. The Morgan fingerprint density at radius 3 is 2.36 bits per heavy atom. The van der Waals surface area contributed by atoms with Crippen molar-refractivity contribution in [1.29, 1.82) is 0 Å². The van der Waals surface area contributed by atoms with E-state index in [1.165, 1.54) is 0 Å². The van der Waals surface area contributed by atoms with Gasteiger partial charge in [-0.3, -0.25) is 14.2 Å². The van der Waals surface area contributed by atoms with E-state index in [4.69, 9.17) is 4.74 Å². The molecule has 3 aromatic carbocycles. The number of carbonyl (C=O) groups excluding carboxylic acids is 1. The number of nitrogens with zero attached hydrogens (tertiary/aromatic N) is 2. The third-order valence-corrected chi connectivity index (χ3v) is 5.55. The van der Waals surface area contributed by atoms with Crippen LogP contribution < -0.4 is 15.6 Å². The number of hydrogen-bond acceptors (Lipinski definition) is 4. The Morgan fingerprint density at radius 2 is 1.67 bits per heavy atom. The highest BCUT2D eigenvalue weighted by atomic mass is 16.5. The summed E-state index contributed by atoms with van der Waals surface area (Å²) >= 11 is 0. The van der Waals surface area contributed by atoms with Gasteiger partial charge in [0.1, 0.15) is 11.6 Å². The maximum atomic E-state index is 13.1. The third-order valence-electron chi connectivity index (χ3n) is 5.55. The van der Waals surface area contributed by atoms with Crippen LogP contribution in [0, 0.1) is 27.7 Å². The molecule has 0 fully saturated rings. The summed E-state index contributed by atoms with van der Waals surface area (Å²) in [6.45, 7) is 9.41. The van der Waals surface area contributed by atoms with Gasteiger partial charge >= 0.3 is 0 Å². The molecule has 1 heterocycles. The number of rotatable bonds is 5. The standard InChI is InChI=1S/C27H27N3O3/c1-16-12-17(2)14-22(13-16)33-19(4)26(31)29-24-11-10-21(15-18(24)3)30-20(5)28-25-9-7-6-8-23(25)27(30)32/h6-15,19H,1-5H3,(H,29,31). The van der Waals surface area contributed by atoms with Crippen LogP contribution in [0.3, 0.4) is 0 Å². The van der Waals surface area contributed by atoms with Crippen LogP contribution in [0.4, 0.5) is 5.69 Å². The molecule has 0 saturated carbocycles. The number of carbonyl (C=O) groups is 1. The van der Waals surface area contributed by atoms with Gasteiger partial charge in [0.05, 0.1) is 16.6 Å². The van der Waals surface area contributed by atoms with Gasteiger partial charge in [0.2, 0.25) is 0 Å². The fourth-order valence-electron chi connectivity index (χ4n) is 3.97. The van der Waals surface area contributed by atoms with E-state index in [1.54, 1.807) is 23.6 Å². The summed E-state index contributed by atoms with van der Waals surface area (Å²) in [7, 11) is 0. The predicted molar refractivity (Wildman–Crippen MR) is 131 cm³/mol. The molecule has 1 amide bonds. The van der Waals surface area contributed by atoms with Crippen LogP contribution >= 0.6 is 0 Å². The Labute approximate surface area is 192 Å². The second-order valence-electron chi connectivity index (χ2n) is 8.39. The second kappa shape index (κ2) is 8.90. The van der Waals surface area contributed by atoms with E-state index < -0.39 is 6.10 Å². The lowest BCUT2D eigenvalue weighted by atomic mass is 10.1. The zero-order valence-corrected chi connectivity index (χ0v) is 19.5. The lowest BCUT2D eigenvalue weighted by molar-refractivity contribution is -0.122. The molecule has 33 heavy (non-hydrogen) atoms. The average Bonchev–Trinajstić information content (AvgIpc) is 2.74. The van der Waals surface area contributed by atoms with Crippen LogP contribution in [-0.4, -0.2) is 21.6 Å². The Balaban J connectivity index is 1.56. The molecule has 0 aliphatic heterocycles. The van der Waals surface area contributed by atoms with Gasteiger partial charge in [0, 0.05) is 5.69 Å². The zero-order valence-electron chi connectivity index (χ0n) is 19.5. The topological polar surface area (TPSA) is 73.2 Å². The maximum Gasteiger partial charge on any atom is 0.265 e. The molecule has 0 spiro atoms. The molecule has 0 aliphatic carbocycles. The quantitative estimate of drug-likeness (QED) is 0.472. The number of ether oxygens (including phenoxy) is 1. The molecule has 0 saturated heterocycles. The third kappa shape index (κ3) is 4.65. The number of anilines is 1. The van der Waals surface area contributed by atoms with Gasteiger partial charge in [0.15, 0.2) is 6.10 Å². The van der Waals surface area contributed by atoms with Crippen LogP contribution in [0.25, 0.3) is 16.6 Å². The van der Waals surface area contributed by atoms with Gasteiger partial charge in [-0.1, -0.05) is 18.2 Å². The first-order valence-corrected chi connectivity index (χ1v) is 10.9. The molecule has 0 bridgehead atoms. The number of aryl methyl sites for hydroxylation is 4. The Kier molecular flexibility index (Phi) is 6.01. The van der Waals surface area contributed by atoms with Crippen LogP contribution in [0.2, 0.25) is 0 Å². The van der Waals surface area contributed by atoms with Crippen molar-refractivity contribution in [3.63, 3.8) is 0 Å². The molecule has 6 nitrogen and oxygen atoms in total. The van der Waals surface area contributed by atoms with Gasteiger partial charge in [-0.2, -0.15) is 0 Å². The van der Waals surface area contributed by atoms with Crippen molar-refractivity contribution in [3.8, 4) is 11.4 Å². The van der Waals surface area contributed by atoms with Crippen molar-refractivity contribution in [2.24, 2.45) is 0 Å². The molecule has 1 aromatic heterocycles. The number of nitrogens with one attached hydrogen (secondary N) is 1. The SMILES string of the molecule is Cc1cc(C)cc(OC(C)C(=O)Nc2ccc(-n3c(C)nc4ccccc4c3=O)cc2C)c1. The number of para-hydroxylation sites is 1. The minimum atomic E-state index is -0.667. The summed E-state index contributed by atoms with van der Waals surface area (Å²) in [6, 6.07) is 18.7. The molecule has 4 aromatic rings. The summed E-state index contributed by atoms with van der Waals surface area (Å²) in [5.74, 6) is 1.02. The number of fused-ring (bicyclic) bond motifs is 1. The summed E-state index contributed by atoms with van der Waals surface area (Å²) in [6.07, 6.45) is -0.667. The predicted octanol–water partition coefficient (Wildman–Crippen LogP) is 5.03. The normalized spacial score (nSPS) is 11.9. The van der Waals surface area contributed by atoms with Crippen molar-refractivity contribution >= 4 is 22.5 Å². The maximum absolute atomic E-state index is 13.1. The summed E-state index contributed by atoms with van der Waals surface area (Å²) in [5.41, 5.74) is 4.92. The van der Waals surface area contributed by atoms with Crippen molar-refractivity contribution in [2.75, 3.05) is 5.32 Å². The lowest BCUT2D eigenvalue weighted by Crippen LogP contribution is -2.30. The highest BCUT2D eigenvalue weighted by Gasteiger charge is 2.17. The molecule has 1 unspecified atom stereocenters. The first kappa shape index (κ1) is 22.3. The van der Waals surface area contributed by atoms with E-state index in [0.717, 1.165) is 16.7 Å². The molecule has 4 rings (SSSR count). The van der Waals surface area contributed by atoms with Crippen LogP contribution in [-0.2, 0) is 4.79 Å². The number of benzene rings is 3. The molecule has 168 valence electrons. The molecular weight excluding hydrogens is 414 g/mol. The monoisotopic (exact) mass is 441 g/mol.